The van der Waals surface area contributed by atoms with E-state index in [0.29, 0.717) is 6.54 Å². The minimum Gasteiger partial charge on any atom is -0.444 e. The van der Waals surface area contributed by atoms with Gasteiger partial charge in [0.25, 0.3) is 0 Å². The van der Waals surface area contributed by atoms with Gasteiger partial charge in [0.2, 0.25) is 5.91 Å². The van der Waals surface area contributed by atoms with Crippen LogP contribution in [0.4, 0.5) is 4.79 Å². The fraction of sp³-hybridized carbons (Fsp3) is 0.529. The van der Waals surface area contributed by atoms with E-state index in [1.807, 2.05) is 31.2 Å². The monoisotopic (exact) mass is 322 g/mol. The molecule has 0 heterocycles. The number of nitrogens with one attached hydrogen (secondary N) is 2. The van der Waals surface area contributed by atoms with E-state index in [0.717, 1.165) is 11.1 Å². The van der Waals surface area contributed by atoms with Crippen molar-refractivity contribution >= 4 is 12.0 Å². The maximum atomic E-state index is 12.2. The summed E-state index contributed by atoms with van der Waals surface area (Å²) in [5, 5.41) is 5.30. The smallest absolute Gasteiger partial charge is 0.408 e. The van der Waals surface area contributed by atoms with E-state index in [9.17, 15) is 9.59 Å². The summed E-state index contributed by atoms with van der Waals surface area (Å²) in [7, 11) is 1.47. The Hall–Kier alpha value is -2.08. The van der Waals surface area contributed by atoms with Crippen molar-refractivity contribution < 1.29 is 19.1 Å². The molecule has 6 heteroatoms. The second kappa shape index (κ2) is 8.53. The molecule has 6 nitrogen and oxygen atoms in total. The highest BCUT2D eigenvalue weighted by molar-refractivity contribution is 5.85. The summed E-state index contributed by atoms with van der Waals surface area (Å²) in [6.45, 7) is 7.73. The van der Waals surface area contributed by atoms with E-state index in [-0.39, 0.29) is 12.5 Å². The number of benzene rings is 1. The molecule has 0 saturated heterocycles. The molecule has 0 aliphatic rings. The number of carbonyl (C=O) groups excluding carboxylic acids is 2. The molecule has 0 aromatic heterocycles. The first-order valence-electron chi connectivity index (χ1n) is 7.53. The van der Waals surface area contributed by atoms with Gasteiger partial charge in [-0.15, -0.1) is 0 Å². The zero-order valence-electron chi connectivity index (χ0n) is 14.4. The standard InChI is InChI=1S/C17H26N2O4/c1-12-6-8-13(9-7-12)10-18-15(20)14(11-22-5)19-16(21)23-17(2,3)4/h6-9,14H,10-11H2,1-5H3,(H,18,20)(H,19,21). The molecule has 2 N–H and O–H groups in total. The molecule has 0 fully saturated rings. The zero-order valence-corrected chi connectivity index (χ0v) is 14.4. The van der Waals surface area contributed by atoms with Crippen molar-refractivity contribution in [2.75, 3.05) is 13.7 Å². The van der Waals surface area contributed by atoms with Gasteiger partial charge in [-0.05, 0) is 33.3 Å². The molecule has 0 aliphatic heterocycles. The van der Waals surface area contributed by atoms with Gasteiger partial charge in [0.05, 0.1) is 6.61 Å². The second-order valence-corrected chi connectivity index (χ2v) is 6.36. The highest BCUT2D eigenvalue weighted by Gasteiger charge is 2.24. The summed E-state index contributed by atoms with van der Waals surface area (Å²) in [5.74, 6) is -0.321. The normalized spacial score (nSPS) is 12.4. The van der Waals surface area contributed by atoms with Crippen LogP contribution in [0.5, 0.6) is 0 Å². The number of rotatable bonds is 6. The highest BCUT2D eigenvalue weighted by atomic mass is 16.6. The lowest BCUT2D eigenvalue weighted by Crippen LogP contribution is -2.50. The summed E-state index contributed by atoms with van der Waals surface area (Å²) in [4.78, 5) is 24.0. The molecule has 1 aromatic carbocycles. The van der Waals surface area contributed by atoms with Gasteiger partial charge in [0.1, 0.15) is 11.6 Å². The van der Waals surface area contributed by atoms with E-state index in [1.165, 1.54) is 7.11 Å². The summed E-state index contributed by atoms with van der Waals surface area (Å²) in [5.41, 5.74) is 1.52. The van der Waals surface area contributed by atoms with E-state index < -0.39 is 17.7 Å². The number of ether oxygens (including phenoxy) is 2. The van der Waals surface area contributed by atoms with Crippen LogP contribution < -0.4 is 10.6 Å². The predicted molar refractivity (Wildman–Crippen MR) is 88.1 cm³/mol. The molecule has 1 unspecified atom stereocenters. The molecular formula is C17H26N2O4. The molecule has 128 valence electrons. The predicted octanol–water partition coefficient (Wildman–Crippen LogP) is 2.15. The fourth-order valence-electron chi connectivity index (χ4n) is 1.82. The van der Waals surface area contributed by atoms with Crippen molar-refractivity contribution in [1.82, 2.24) is 10.6 Å². The van der Waals surface area contributed by atoms with Gasteiger partial charge < -0.3 is 20.1 Å². The Bertz CT molecular complexity index is 520. The van der Waals surface area contributed by atoms with Crippen LogP contribution in [0, 0.1) is 6.92 Å². The van der Waals surface area contributed by atoms with E-state index in [2.05, 4.69) is 10.6 Å². The fourth-order valence-corrected chi connectivity index (χ4v) is 1.82. The molecule has 0 bridgehead atoms. The molecule has 0 saturated carbocycles. The zero-order chi connectivity index (χ0) is 17.5. The Kier molecular flexibility index (Phi) is 7.03. The number of alkyl carbamates (subject to hydrolysis) is 1. The molecule has 23 heavy (non-hydrogen) atoms. The molecule has 1 atom stereocenters. The Balaban J connectivity index is 2.56. The number of aryl methyl sites for hydroxylation is 1. The van der Waals surface area contributed by atoms with Crippen LogP contribution in [-0.2, 0) is 20.8 Å². The number of methoxy groups -OCH3 is 1. The average molecular weight is 322 g/mol. The Labute approximate surface area is 137 Å². The molecule has 0 spiro atoms. The molecule has 0 aliphatic carbocycles. The van der Waals surface area contributed by atoms with Crippen LogP contribution >= 0.6 is 0 Å². The third kappa shape index (κ3) is 7.65. The first-order chi connectivity index (χ1) is 10.7. The van der Waals surface area contributed by atoms with Crippen LogP contribution in [0.2, 0.25) is 0 Å². The summed E-state index contributed by atoms with van der Waals surface area (Å²) < 4.78 is 10.1. The van der Waals surface area contributed by atoms with E-state index >= 15 is 0 Å². The Morgan fingerprint density at radius 2 is 1.78 bits per heavy atom. The van der Waals surface area contributed by atoms with Crippen LogP contribution in [0.1, 0.15) is 31.9 Å². The summed E-state index contributed by atoms with van der Waals surface area (Å²) >= 11 is 0. The Morgan fingerprint density at radius 1 is 1.17 bits per heavy atom. The number of carbonyl (C=O) groups is 2. The van der Waals surface area contributed by atoms with Crippen molar-refractivity contribution in [3.05, 3.63) is 35.4 Å². The van der Waals surface area contributed by atoms with E-state index in [1.54, 1.807) is 20.8 Å². The first kappa shape index (κ1) is 19.0. The van der Waals surface area contributed by atoms with Crippen LogP contribution in [0.3, 0.4) is 0 Å². The lowest BCUT2D eigenvalue weighted by Gasteiger charge is -2.23. The van der Waals surface area contributed by atoms with Crippen LogP contribution in [0.15, 0.2) is 24.3 Å². The van der Waals surface area contributed by atoms with Crippen LogP contribution in [0.25, 0.3) is 0 Å². The van der Waals surface area contributed by atoms with Gasteiger partial charge in [-0.3, -0.25) is 4.79 Å². The van der Waals surface area contributed by atoms with Gasteiger partial charge in [-0.1, -0.05) is 29.8 Å². The van der Waals surface area contributed by atoms with E-state index in [4.69, 9.17) is 9.47 Å². The number of hydrogen-bond donors (Lipinski definition) is 2. The summed E-state index contributed by atoms with van der Waals surface area (Å²) in [6.07, 6.45) is -0.648. The molecule has 1 rings (SSSR count). The van der Waals surface area contributed by atoms with Gasteiger partial charge in [-0.25, -0.2) is 4.79 Å². The summed E-state index contributed by atoms with van der Waals surface area (Å²) in [6, 6.07) is 7.05. The lowest BCUT2D eigenvalue weighted by atomic mass is 10.1. The van der Waals surface area contributed by atoms with Crippen molar-refractivity contribution in [2.24, 2.45) is 0 Å². The highest BCUT2D eigenvalue weighted by Crippen LogP contribution is 2.07. The van der Waals surface area contributed by atoms with Crippen molar-refractivity contribution in [3.8, 4) is 0 Å². The molecule has 1 aromatic rings. The third-order valence-corrected chi connectivity index (χ3v) is 2.93. The lowest BCUT2D eigenvalue weighted by molar-refractivity contribution is -0.124. The minimum atomic E-state index is -0.805. The Morgan fingerprint density at radius 3 is 2.30 bits per heavy atom. The van der Waals surface area contributed by atoms with Crippen LogP contribution in [-0.4, -0.2) is 37.4 Å². The van der Waals surface area contributed by atoms with Crippen molar-refractivity contribution in [3.63, 3.8) is 0 Å². The van der Waals surface area contributed by atoms with Crippen molar-refractivity contribution in [1.29, 1.82) is 0 Å². The SMILES string of the molecule is COCC(NC(=O)OC(C)(C)C)C(=O)NCc1ccc(C)cc1. The van der Waals surface area contributed by atoms with Crippen molar-refractivity contribution in [2.45, 2.75) is 45.9 Å². The van der Waals surface area contributed by atoms with Gasteiger partial charge in [0, 0.05) is 13.7 Å². The third-order valence-electron chi connectivity index (χ3n) is 2.93. The first-order valence-corrected chi connectivity index (χ1v) is 7.53. The average Bonchev–Trinajstić information content (AvgIpc) is 2.44. The largest absolute Gasteiger partial charge is 0.444 e. The minimum absolute atomic E-state index is 0.0684. The second-order valence-electron chi connectivity index (χ2n) is 6.36. The van der Waals surface area contributed by atoms with Gasteiger partial charge >= 0.3 is 6.09 Å². The number of amides is 2. The maximum absolute atomic E-state index is 12.2. The molecule has 2 amide bonds. The quantitative estimate of drug-likeness (QED) is 0.841. The maximum Gasteiger partial charge on any atom is 0.408 e. The molecule has 0 radical (unpaired) electrons. The number of hydrogen-bond acceptors (Lipinski definition) is 4. The topological polar surface area (TPSA) is 76.7 Å². The molecular weight excluding hydrogens is 296 g/mol. The van der Waals surface area contributed by atoms with Gasteiger partial charge in [-0.2, -0.15) is 0 Å². The van der Waals surface area contributed by atoms with Gasteiger partial charge in [0.15, 0.2) is 0 Å².